The van der Waals surface area contributed by atoms with E-state index in [0.717, 1.165) is 5.56 Å². The van der Waals surface area contributed by atoms with Crippen LogP contribution >= 0.6 is 15.9 Å². The average Bonchev–Trinajstić information content (AvgIpc) is 2.71. The highest BCUT2D eigenvalue weighted by atomic mass is 79.9. The second kappa shape index (κ2) is 5.02. The van der Waals surface area contributed by atoms with E-state index >= 15 is 0 Å². The molecular weight excluding hydrogens is 285 g/mol. The SMILES string of the molecule is CNC(c1ccc(Br)o1)c1cc(C)ccc1F. The monoisotopic (exact) mass is 297 g/mol. The fourth-order valence-electron chi connectivity index (χ4n) is 1.82. The van der Waals surface area contributed by atoms with Gasteiger partial charge in [-0.2, -0.15) is 0 Å². The van der Waals surface area contributed by atoms with E-state index < -0.39 is 0 Å². The zero-order chi connectivity index (χ0) is 12.4. The predicted octanol–water partition coefficient (Wildman–Crippen LogP) is 3.80. The number of hydrogen-bond donors (Lipinski definition) is 1. The molecule has 90 valence electrons. The molecule has 17 heavy (non-hydrogen) atoms. The summed E-state index contributed by atoms with van der Waals surface area (Å²) in [5.74, 6) is 0.450. The third-order valence-electron chi connectivity index (χ3n) is 2.63. The fourth-order valence-corrected chi connectivity index (χ4v) is 2.14. The molecule has 1 N–H and O–H groups in total. The molecule has 0 aliphatic carbocycles. The van der Waals surface area contributed by atoms with Crippen LogP contribution in [0.1, 0.15) is 22.9 Å². The number of rotatable bonds is 3. The Morgan fingerprint density at radius 1 is 1.29 bits per heavy atom. The average molecular weight is 298 g/mol. The van der Waals surface area contributed by atoms with Gasteiger partial charge in [-0.05, 0) is 48.1 Å². The summed E-state index contributed by atoms with van der Waals surface area (Å²) in [6.45, 7) is 1.94. The number of halogens is 2. The molecule has 0 saturated carbocycles. The van der Waals surface area contributed by atoms with Crippen molar-refractivity contribution in [1.29, 1.82) is 0 Å². The van der Waals surface area contributed by atoms with Crippen LogP contribution in [0.15, 0.2) is 39.4 Å². The Morgan fingerprint density at radius 3 is 2.65 bits per heavy atom. The van der Waals surface area contributed by atoms with Crippen molar-refractivity contribution < 1.29 is 8.81 Å². The molecule has 0 spiro atoms. The maximum absolute atomic E-state index is 13.8. The van der Waals surface area contributed by atoms with Gasteiger partial charge >= 0.3 is 0 Å². The molecule has 0 bridgehead atoms. The van der Waals surface area contributed by atoms with Gasteiger partial charge in [0.25, 0.3) is 0 Å². The van der Waals surface area contributed by atoms with E-state index in [-0.39, 0.29) is 11.9 Å². The molecule has 0 radical (unpaired) electrons. The molecule has 0 amide bonds. The van der Waals surface area contributed by atoms with Crippen LogP contribution in [0, 0.1) is 12.7 Å². The molecular formula is C13H13BrFNO. The molecule has 0 aliphatic rings. The maximum Gasteiger partial charge on any atom is 0.169 e. The molecule has 2 rings (SSSR count). The zero-order valence-corrected chi connectivity index (χ0v) is 11.2. The van der Waals surface area contributed by atoms with Crippen LogP contribution in [0.3, 0.4) is 0 Å². The number of benzene rings is 1. The second-order valence-corrected chi connectivity index (χ2v) is 4.67. The molecule has 1 aromatic heterocycles. The smallest absolute Gasteiger partial charge is 0.169 e. The normalized spacial score (nSPS) is 12.7. The van der Waals surface area contributed by atoms with Gasteiger partial charge in [0.2, 0.25) is 0 Å². The highest BCUT2D eigenvalue weighted by Crippen LogP contribution is 2.28. The van der Waals surface area contributed by atoms with Crippen LogP contribution in [-0.4, -0.2) is 7.05 Å². The first-order valence-electron chi connectivity index (χ1n) is 5.30. The largest absolute Gasteiger partial charge is 0.452 e. The lowest BCUT2D eigenvalue weighted by Crippen LogP contribution is -2.18. The van der Waals surface area contributed by atoms with Crippen molar-refractivity contribution >= 4 is 15.9 Å². The van der Waals surface area contributed by atoms with Crippen LogP contribution in [0.25, 0.3) is 0 Å². The second-order valence-electron chi connectivity index (χ2n) is 3.89. The molecule has 4 heteroatoms. The lowest BCUT2D eigenvalue weighted by Gasteiger charge is -2.15. The molecule has 2 nitrogen and oxygen atoms in total. The van der Waals surface area contributed by atoms with Gasteiger partial charge in [0.15, 0.2) is 4.67 Å². The molecule has 0 aliphatic heterocycles. The van der Waals surface area contributed by atoms with Crippen molar-refractivity contribution in [3.8, 4) is 0 Å². The van der Waals surface area contributed by atoms with E-state index in [4.69, 9.17) is 4.42 Å². The Labute approximate surface area is 108 Å². The van der Waals surface area contributed by atoms with Gasteiger partial charge in [-0.3, -0.25) is 0 Å². The van der Waals surface area contributed by atoms with Gasteiger partial charge in [0.05, 0.1) is 6.04 Å². The van der Waals surface area contributed by atoms with Crippen molar-refractivity contribution in [2.24, 2.45) is 0 Å². The first kappa shape index (κ1) is 12.3. The van der Waals surface area contributed by atoms with Gasteiger partial charge in [0, 0.05) is 5.56 Å². The Morgan fingerprint density at radius 2 is 2.06 bits per heavy atom. The predicted molar refractivity (Wildman–Crippen MR) is 68.4 cm³/mol. The first-order chi connectivity index (χ1) is 8.11. The van der Waals surface area contributed by atoms with E-state index in [9.17, 15) is 4.39 Å². The Bertz CT molecular complexity index is 524. The number of nitrogens with one attached hydrogen (secondary N) is 1. The van der Waals surface area contributed by atoms with Crippen LogP contribution in [-0.2, 0) is 0 Å². The Balaban J connectivity index is 2.45. The fraction of sp³-hybridized carbons (Fsp3) is 0.231. The van der Waals surface area contributed by atoms with Crippen molar-refractivity contribution in [2.75, 3.05) is 7.05 Å². The highest BCUT2D eigenvalue weighted by molar-refractivity contribution is 9.10. The lowest BCUT2D eigenvalue weighted by atomic mass is 10.0. The number of hydrogen-bond acceptors (Lipinski definition) is 2. The van der Waals surface area contributed by atoms with Gasteiger partial charge in [0.1, 0.15) is 11.6 Å². The Hall–Kier alpha value is -1.13. The third kappa shape index (κ3) is 2.58. The quantitative estimate of drug-likeness (QED) is 0.932. The molecule has 1 aromatic carbocycles. The Kier molecular flexibility index (Phi) is 3.64. The third-order valence-corrected chi connectivity index (χ3v) is 3.06. The summed E-state index contributed by atoms with van der Waals surface area (Å²) in [6.07, 6.45) is 0. The topological polar surface area (TPSA) is 25.2 Å². The van der Waals surface area contributed by atoms with E-state index in [1.165, 1.54) is 6.07 Å². The van der Waals surface area contributed by atoms with Crippen LogP contribution in [0.2, 0.25) is 0 Å². The molecule has 0 fully saturated rings. The van der Waals surface area contributed by atoms with Gasteiger partial charge < -0.3 is 9.73 Å². The van der Waals surface area contributed by atoms with E-state index in [1.807, 2.05) is 19.1 Å². The molecule has 0 saturated heterocycles. The van der Waals surface area contributed by atoms with E-state index in [2.05, 4.69) is 21.2 Å². The molecule has 2 aromatic rings. The summed E-state index contributed by atoms with van der Waals surface area (Å²) in [5, 5.41) is 3.06. The summed E-state index contributed by atoms with van der Waals surface area (Å²) >= 11 is 3.25. The summed E-state index contributed by atoms with van der Waals surface area (Å²) in [6, 6.07) is 8.41. The van der Waals surface area contributed by atoms with Crippen molar-refractivity contribution in [2.45, 2.75) is 13.0 Å². The minimum Gasteiger partial charge on any atom is -0.452 e. The summed E-state index contributed by atoms with van der Waals surface area (Å²) < 4.78 is 19.9. The minimum absolute atomic E-state index is 0.234. The van der Waals surface area contributed by atoms with E-state index in [1.54, 1.807) is 19.2 Å². The molecule has 1 atom stereocenters. The standard InChI is InChI=1S/C13H13BrFNO/c1-8-3-4-10(15)9(7-8)13(16-2)11-5-6-12(14)17-11/h3-7,13,16H,1-2H3. The van der Waals surface area contributed by atoms with E-state index in [0.29, 0.717) is 16.0 Å². The molecule has 1 unspecified atom stereocenters. The summed E-state index contributed by atoms with van der Waals surface area (Å²) in [5.41, 5.74) is 1.61. The first-order valence-corrected chi connectivity index (χ1v) is 6.09. The van der Waals surface area contributed by atoms with Gasteiger partial charge in [-0.25, -0.2) is 4.39 Å². The van der Waals surface area contributed by atoms with Gasteiger partial charge in [-0.1, -0.05) is 17.7 Å². The maximum atomic E-state index is 13.8. The number of furan rings is 1. The minimum atomic E-state index is -0.277. The van der Waals surface area contributed by atoms with Crippen LogP contribution in [0.4, 0.5) is 4.39 Å². The lowest BCUT2D eigenvalue weighted by molar-refractivity contribution is 0.438. The van der Waals surface area contributed by atoms with Crippen molar-refractivity contribution in [3.05, 3.63) is 57.7 Å². The number of aryl methyl sites for hydroxylation is 1. The van der Waals surface area contributed by atoms with Gasteiger partial charge in [-0.15, -0.1) is 0 Å². The summed E-state index contributed by atoms with van der Waals surface area (Å²) in [4.78, 5) is 0. The zero-order valence-electron chi connectivity index (χ0n) is 9.63. The highest BCUT2D eigenvalue weighted by Gasteiger charge is 2.19. The van der Waals surface area contributed by atoms with Crippen LogP contribution < -0.4 is 5.32 Å². The molecule has 1 heterocycles. The van der Waals surface area contributed by atoms with Crippen LogP contribution in [0.5, 0.6) is 0 Å². The van der Waals surface area contributed by atoms with Crippen molar-refractivity contribution in [3.63, 3.8) is 0 Å². The summed E-state index contributed by atoms with van der Waals surface area (Å²) in [7, 11) is 1.78. The van der Waals surface area contributed by atoms with Crippen molar-refractivity contribution in [1.82, 2.24) is 5.32 Å².